The number of amides is 1. The zero-order valence-corrected chi connectivity index (χ0v) is 25.6. The highest BCUT2D eigenvalue weighted by atomic mass is 16.6. The summed E-state index contributed by atoms with van der Waals surface area (Å²) in [5.74, 6) is 6.25. The van der Waals surface area contributed by atoms with Crippen molar-refractivity contribution >= 4 is 34.9 Å². The van der Waals surface area contributed by atoms with E-state index in [1.165, 1.54) is 18.6 Å². The van der Waals surface area contributed by atoms with Crippen molar-refractivity contribution in [1.29, 1.82) is 0 Å². The maximum Gasteiger partial charge on any atom is 0.407 e. The first kappa shape index (κ1) is 31.5. The molecule has 3 aromatic rings. The number of alkyl carbamates (subject to hydrolysis) is 1. The van der Waals surface area contributed by atoms with Crippen LogP contribution in [0.15, 0.2) is 41.9 Å². The number of hydrogen-bond acceptors (Lipinski definition) is 11. The third-order valence-corrected chi connectivity index (χ3v) is 6.95. The number of methoxy groups -OCH3 is 1. The molecule has 3 heterocycles. The molecule has 1 aliphatic rings. The Morgan fingerprint density at radius 2 is 1.95 bits per heavy atom. The van der Waals surface area contributed by atoms with Crippen molar-refractivity contribution in [3.63, 3.8) is 0 Å². The highest BCUT2D eigenvalue weighted by Gasteiger charge is 2.27. The Balaban J connectivity index is 1.57. The van der Waals surface area contributed by atoms with E-state index in [1.807, 2.05) is 58.9 Å². The molecule has 0 bridgehead atoms. The minimum atomic E-state index is -0.555. The van der Waals surface area contributed by atoms with Gasteiger partial charge in [0.15, 0.2) is 11.7 Å². The number of likely N-dealkylation sites (tertiary alicyclic amines) is 1. The molecule has 1 fully saturated rings. The van der Waals surface area contributed by atoms with Crippen LogP contribution in [0.25, 0.3) is 5.52 Å². The molecule has 0 atom stereocenters. The molecule has 4 rings (SSSR count). The van der Waals surface area contributed by atoms with Crippen LogP contribution in [0.4, 0.5) is 16.3 Å². The van der Waals surface area contributed by atoms with Crippen LogP contribution in [0, 0.1) is 0 Å². The fourth-order valence-electron chi connectivity index (χ4n) is 4.73. The summed E-state index contributed by atoms with van der Waals surface area (Å²) in [7, 11) is 1.35. The number of esters is 1. The number of hydrazine groups is 1. The molecule has 0 aliphatic carbocycles. The number of hydrogen-bond donors (Lipinski definition) is 4. The first-order valence-electron chi connectivity index (χ1n) is 14.3. The van der Waals surface area contributed by atoms with Crippen LogP contribution in [-0.4, -0.2) is 80.4 Å². The summed E-state index contributed by atoms with van der Waals surface area (Å²) in [6.45, 7) is 11.2. The van der Waals surface area contributed by atoms with E-state index < -0.39 is 17.7 Å². The van der Waals surface area contributed by atoms with Gasteiger partial charge < -0.3 is 25.8 Å². The predicted molar refractivity (Wildman–Crippen MR) is 164 cm³/mol. The topological polar surface area (TPSA) is 178 Å². The van der Waals surface area contributed by atoms with Crippen LogP contribution in [0.1, 0.15) is 68.9 Å². The fourth-order valence-corrected chi connectivity index (χ4v) is 4.73. The molecule has 0 radical (unpaired) electrons. The molecule has 0 unspecified atom stereocenters. The molecule has 2 aromatic heterocycles. The summed E-state index contributed by atoms with van der Waals surface area (Å²) >= 11 is 0. The lowest BCUT2D eigenvalue weighted by Gasteiger charge is -2.33. The molecule has 232 valence electrons. The van der Waals surface area contributed by atoms with E-state index in [9.17, 15) is 9.59 Å². The summed E-state index contributed by atoms with van der Waals surface area (Å²) in [6, 6.07) is 7.41. The number of benzene rings is 1. The highest BCUT2D eigenvalue weighted by molar-refractivity contribution is 5.98. The number of amidine groups is 1. The van der Waals surface area contributed by atoms with Crippen LogP contribution < -0.4 is 22.2 Å². The Bertz CT molecular complexity index is 1470. The average Bonchev–Trinajstić information content (AvgIpc) is 3.31. The molecule has 1 aromatic carbocycles. The van der Waals surface area contributed by atoms with Gasteiger partial charge in [-0.1, -0.05) is 12.1 Å². The molecular formula is C29H42N10O4. The smallest absolute Gasteiger partial charge is 0.407 e. The number of nitrogens with one attached hydrogen (secondary N) is 2. The summed E-state index contributed by atoms with van der Waals surface area (Å²) in [5.41, 5.74) is 8.84. The first-order chi connectivity index (χ1) is 20.3. The lowest BCUT2D eigenvalue weighted by atomic mass is 10.0. The molecule has 1 amide bonds. The van der Waals surface area contributed by atoms with E-state index in [0.717, 1.165) is 18.4 Å². The number of rotatable bonds is 9. The Morgan fingerprint density at radius 3 is 2.60 bits per heavy atom. The molecule has 0 spiro atoms. The molecule has 14 nitrogen and oxygen atoms in total. The van der Waals surface area contributed by atoms with Crippen molar-refractivity contribution in [1.82, 2.24) is 29.9 Å². The van der Waals surface area contributed by atoms with Crippen LogP contribution in [0.3, 0.4) is 0 Å². The molecule has 1 saturated heterocycles. The second kappa shape index (κ2) is 13.3. The summed E-state index contributed by atoms with van der Waals surface area (Å²) < 4.78 is 12.1. The van der Waals surface area contributed by atoms with Gasteiger partial charge in [0, 0.05) is 48.7 Å². The number of fused-ring (bicyclic) bond motifs is 1. The number of carbonyl (C=O) groups is 2. The largest absolute Gasteiger partial charge is 0.465 e. The van der Waals surface area contributed by atoms with E-state index in [1.54, 1.807) is 10.7 Å². The maximum atomic E-state index is 12.8. The van der Waals surface area contributed by atoms with Crippen LogP contribution in [0.5, 0.6) is 0 Å². The van der Waals surface area contributed by atoms with E-state index in [2.05, 4.69) is 30.7 Å². The second-order valence-electron chi connectivity index (χ2n) is 11.8. The predicted octanol–water partition coefficient (Wildman–Crippen LogP) is 2.95. The number of ether oxygens (including phenoxy) is 2. The Morgan fingerprint density at radius 1 is 1.23 bits per heavy atom. The Labute approximate surface area is 251 Å². The number of hydrazone groups is 1. The number of anilines is 2. The van der Waals surface area contributed by atoms with Gasteiger partial charge in [0.1, 0.15) is 17.4 Å². The number of nitrogens with zero attached hydrogens (tertiary/aromatic N) is 6. The monoisotopic (exact) mass is 594 g/mol. The molecular weight excluding hydrogens is 552 g/mol. The molecule has 14 heteroatoms. The number of nitrogens with two attached hydrogens (primary N) is 2. The van der Waals surface area contributed by atoms with Gasteiger partial charge >= 0.3 is 12.1 Å². The SMILES string of the molecule is COC(=O)c1cn2ncnc(Nc3cccc(/C(N)=N/N(N)C(C)C)c3)c2c1CN1CCC(NC(=O)OC(C)(C)C)CC1. The van der Waals surface area contributed by atoms with Crippen molar-refractivity contribution < 1.29 is 19.1 Å². The lowest BCUT2D eigenvalue weighted by molar-refractivity contribution is 0.0475. The second-order valence-corrected chi connectivity index (χ2v) is 11.8. The third-order valence-electron chi connectivity index (χ3n) is 6.95. The van der Waals surface area contributed by atoms with E-state index in [0.29, 0.717) is 47.8 Å². The van der Waals surface area contributed by atoms with Crippen molar-refractivity contribution in [2.75, 3.05) is 25.5 Å². The average molecular weight is 595 g/mol. The van der Waals surface area contributed by atoms with Gasteiger partial charge in [-0.3, -0.25) is 4.90 Å². The minimum Gasteiger partial charge on any atom is -0.465 e. The Hall–Kier alpha value is -4.43. The van der Waals surface area contributed by atoms with E-state index in [-0.39, 0.29) is 17.9 Å². The van der Waals surface area contributed by atoms with Gasteiger partial charge in [0.2, 0.25) is 0 Å². The zero-order valence-electron chi connectivity index (χ0n) is 25.6. The first-order valence-corrected chi connectivity index (χ1v) is 14.3. The van der Waals surface area contributed by atoms with Crippen LogP contribution >= 0.6 is 0 Å². The number of carbonyl (C=O) groups excluding carboxylic acids is 2. The van der Waals surface area contributed by atoms with Crippen LogP contribution in [-0.2, 0) is 16.0 Å². The van der Waals surface area contributed by atoms with Gasteiger partial charge in [-0.15, -0.1) is 5.10 Å². The normalized spacial score (nSPS) is 15.0. The summed E-state index contributed by atoms with van der Waals surface area (Å²) in [6.07, 6.45) is 4.15. The zero-order chi connectivity index (χ0) is 31.3. The quantitative estimate of drug-likeness (QED) is 0.0941. The standard InChI is InChI=1S/C29H42N10O4/c1-18(2)39(31)36-25(30)19-8-7-9-21(14-19)34-26-24-22(23(27(40)42-6)16-38(24)33-17-32-26)15-37-12-10-20(11-13-37)35-28(41)43-29(3,4)5/h7-9,14,16-18,20H,10-13,15,31H2,1-6H3,(H2,30,36)(H,35,41)(H,32,33,34). The molecule has 0 saturated carbocycles. The van der Waals surface area contributed by atoms with E-state index in [4.69, 9.17) is 21.1 Å². The van der Waals surface area contributed by atoms with Gasteiger partial charge in [-0.25, -0.2) is 30.0 Å². The summed E-state index contributed by atoms with van der Waals surface area (Å²) in [4.78, 5) is 31.8. The maximum absolute atomic E-state index is 12.8. The Kier molecular flexibility index (Phi) is 9.71. The lowest BCUT2D eigenvalue weighted by Crippen LogP contribution is -2.45. The van der Waals surface area contributed by atoms with Gasteiger partial charge in [0.25, 0.3) is 0 Å². The van der Waals surface area contributed by atoms with Crippen molar-refractivity contribution in [3.05, 3.63) is 53.5 Å². The van der Waals surface area contributed by atoms with Crippen molar-refractivity contribution in [2.24, 2.45) is 16.7 Å². The van der Waals surface area contributed by atoms with Crippen molar-refractivity contribution in [2.45, 2.75) is 71.7 Å². The number of piperidine rings is 1. The molecule has 43 heavy (non-hydrogen) atoms. The highest BCUT2D eigenvalue weighted by Crippen LogP contribution is 2.29. The van der Waals surface area contributed by atoms with Crippen LogP contribution in [0.2, 0.25) is 0 Å². The van der Waals surface area contributed by atoms with Gasteiger partial charge in [-0.05, 0) is 59.6 Å². The molecule has 6 N–H and O–H groups in total. The van der Waals surface area contributed by atoms with E-state index >= 15 is 0 Å². The fraction of sp³-hybridized carbons (Fsp3) is 0.483. The summed E-state index contributed by atoms with van der Waals surface area (Å²) in [5, 5.41) is 16.2. The molecule has 1 aliphatic heterocycles. The van der Waals surface area contributed by atoms with Crippen molar-refractivity contribution in [3.8, 4) is 0 Å². The van der Waals surface area contributed by atoms with Gasteiger partial charge in [-0.2, -0.15) is 5.10 Å². The van der Waals surface area contributed by atoms with Gasteiger partial charge in [0.05, 0.1) is 18.7 Å². The third kappa shape index (κ3) is 8.11. The minimum absolute atomic E-state index is 0.00709. The number of aromatic nitrogens is 3.